The molecule has 2 N–H and O–H groups in total. The zero-order chi connectivity index (χ0) is 14.1. The molecule has 3 rings (SSSR count). The summed E-state index contributed by atoms with van der Waals surface area (Å²) in [6.45, 7) is 1.70. The number of nitrogens with one attached hydrogen (secondary N) is 2. The van der Waals surface area contributed by atoms with E-state index in [2.05, 4.69) is 25.5 Å². The molecule has 0 bridgehead atoms. The standard InChI is InChI=1S/C13H12FN5O/c1-7-15-6-9(14)13(17-7)18-11-3-8-5-16-19-10(8)4-12(11)20-2/h3-6H,1-2H3,(H,16,19)(H,15,17,18). The molecule has 0 atom stereocenters. The number of methoxy groups -OCH3 is 1. The van der Waals surface area contributed by atoms with Crippen molar-refractivity contribution in [1.29, 1.82) is 0 Å². The highest BCUT2D eigenvalue weighted by molar-refractivity contribution is 5.86. The molecule has 0 fully saturated rings. The van der Waals surface area contributed by atoms with Crippen molar-refractivity contribution in [1.82, 2.24) is 20.2 Å². The Labute approximate surface area is 114 Å². The number of rotatable bonds is 3. The molecule has 0 saturated heterocycles. The first-order valence-electron chi connectivity index (χ1n) is 5.94. The zero-order valence-corrected chi connectivity index (χ0v) is 10.9. The fraction of sp³-hybridized carbons (Fsp3) is 0.154. The normalized spacial score (nSPS) is 10.8. The van der Waals surface area contributed by atoms with Gasteiger partial charge in [0.1, 0.15) is 11.6 Å². The number of aromatic nitrogens is 4. The van der Waals surface area contributed by atoms with Crippen molar-refractivity contribution in [3.05, 3.63) is 36.2 Å². The molecule has 3 aromatic rings. The van der Waals surface area contributed by atoms with Crippen molar-refractivity contribution < 1.29 is 9.13 Å². The second-order valence-electron chi connectivity index (χ2n) is 4.25. The summed E-state index contributed by atoms with van der Waals surface area (Å²) in [5, 5.41) is 10.6. The molecule has 0 aliphatic rings. The summed E-state index contributed by atoms with van der Waals surface area (Å²) in [6, 6.07) is 3.60. The van der Waals surface area contributed by atoms with Crippen LogP contribution >= 0.6 is 0 Å². The Hall–Kier alpha value is -2.70. The number of ether oxygens (including phenoxy) is 1. The molecule has 0 saturated carbocycles. The van der Waals surface area contributed by atoms with E-state index in [-0.39, 0.29) is 5.82 Å². The van der Waals surface area contributed by atoms with E-state index in [1.807, 2.05) is 6.07 Å². The fourth-order valence-electron chi connectivity index (χ4n) is 1.91. The van der Waals surface area contributed by atoms with Crippen LogP contribution in [0.1, 0.15) is 5.82 Å². The van der Waals surface area contributed by atoms with E-state index in [0.717, 1.165) is 17.1 Å². The number of aryl methyl sites for hydroxylation is 1. The third kappa shape index (κ3) is 2.13. The molecule has 0 amide bonds. The largest absolute Gasteiger partial charge is 0.494 e. The molecule has 0 unspecified atom stereocenters. The Morgan fingerprint density at radius 1 is 1.30 bits per heavy atom. The second-order valence-corrected chi connectivity index (χ2v) is 4.25. The molecule has 0 radical (unpaired) electrons. The van der Waals surface area contributed by atoms with Crippen LogP contribution in [0.25, 0.3) is 10.9 Å². The number of aromatic amines is 1. The van der Waals surface area contributed by atoms with Crippen LogP contribution in [-0.4, -0.2) is 27.3 Å². The summed E-state index contributed by atoms with van der Waals surface area (Å²) in [7, 11) is 1.55. The highest BCUT2D eigenvalue weighted by Crippen LogP contribution is 2.31. The van der Waals surface area contributed by atoms with Crippen LogP contribution in [0.3, 0.4) is 0 Å². The summed E-state index contributed by atoms with van der Waals surface area (Å²) in [5.74, 6) is 0.637. The van der Waals surface area contributed by atoms with E-state index in [9.17, 15) is 4.39 Å². The number of fused-ring (bicyclic) bond motifs is 1. The van der Waals surface area contributed by atoms with Gasteiger partial charge in [0.2, 0.25) is 0 Å². The van der Waals surface area contributed by atoms with Crippen molar-refractivity contribution in [2.45, 2.75) is 6.92 Å². The highest BCUT2D eigenvalue weighted by atomic mass is 19.1. The summed E-state index contributed by atoms with van der Waals surface area (Å²) < 4.78 is 19.0. The minimum absolute atomic E-state index is 0.110. The minimum atomic E-state index is -0.523. The number of nitrogens with zero attached hydrogens (tertiary/aromatic N) is 3. The Morgan fingerprint density at radius 3 is 2.95 bits per heavy atom. The Balaban J connectivity index is 2.06. The Bertz CT molecular complexity index is 771. The molecule has 0 spiro atoms. The quantitative estimate of drug-likeness (QED) is 0.767. The Kier molecular flexibility index (Phi) is 2.94. The number of H-pyrrole nitrogens is 1. The summed E-state index contributed by atoms with van der Waals surface area (Å²) in [5.41, 5.74) is 1.45. The van der Waals surface area contributed by atoms with Crippen LogP contribution in [0.4, 0.5) is 15.9 Å². The predicted molar refractivity (Wildman–Crippen MR) is 72.7 cm³/mol. The number of benzene rings is 1. The fourth-order valence-corrected chi connectivity index (χ4v) is 1.91. The van der Waals surface area contributed by atoms with Crippen molar-refractivity contribution in [2.75, 3.05) is 12.4 Å². The summed E-state index contributed by atoms with van der Waals surface area (Å²) in [4.78, 5) is 7.83. The van der Waals surface area contributed by atoms with Gasteiger partial charge in [0.05, 0.1) is 30.7 Å². The third-order valence-corrected chi connectivity index (χ3v) is 2.88. The molecule has 2 aromatic heterocycles. The van der Waals surface area contributed by atoms with Crippen LogP contribution in [0.15, 0.2) is 24.5 Å². The molecule has 0 aliphatic heterocycles. The monoisotopic (exact) mass is 273 g/mol. The van der Waals surface area contributed by atoms with Gasteiger partial charge in [-0.05, 0) is 13.0 Å². The van der Waals surface area contributed by atoms with Crippen LogP contribution in [0.5, 0.6) is 5.75 Å². The maximum absolute atomic E-state index is 13.7. The minimum Gasteiger partial charge on any atom is -0.494 e. The number of anilines is 2. The lowest BCUT2D eigenvalue weighted by Gasteiger charge is -2.11. The van der Waals surface area contributed by atoms with Crippen molar-refractivity contribution in [3.8, 4) is 5.75 Å². The lowest BCUT2D eigenvalue weighted by atomic mass is 10.2. The molecular weight excluding hydrogens is 261 g/mol. The zero-order valence-electron chi connectivity index (χ0n) is 10.9. The number of halogens is 1. The maximum Gasteiger partial charge on any atom is 0.184 e. The predicted octanol–water partition coefficient (Wildman–Crippen LogP) is 2.55. The summed E-state index contributed by atoms with van der Waals surface area (Å²) in [6.07, 6.45) is 2.81. The summed E-state index contributed by atoms with van der Waals surface area (Å²) >= 11 is 0. The van der Waals surface area contributed by atoms with Gasteiger partial charge in [-0.25, -0.2) is 14.4 Å². The first-order valence-corrected chi connectivity index (χ1v) is 5.94. The molecule has 20 heavy (non-hydrogen) atoms. The van der Waals surface area contributed by atoms with Crippen molar-refractivity contribution >= 4 is 22.4 Å². The van der Waals surface area contributed by atoms with E-state index in [0.29, 0.717) is 17.3 Å². The molecule has 7 heteroatoms. The van der Waals surface area contributed by atoms with E-state index in [1.165, 1.54) is 0 Å². The van der Waals surface area contributed by atoms with Gasteiger partial charge in [-0.1, -0.05) is 0 Å². The van der Waals surface area contributed by atoms with Crippen molar-refractivity contribution in [2.24, 2.45) is 0 Å². The van der Waals surface area contributed by atoms with Gasteiger partial charge in [-0.2, -0.15) is 5.10 Å². The first-order chi connectivity index (χ1) is 9.67. The van der Waals surface area contributed by atoms with Gasteiger partial charge in [0.25, 0.3) is 0 Å². The lowest BCUT2D eigenvalue weighted by Crippen LogP contribution is -2.02. The molecule has 102 valence electrons. The first kappa shape index (κ1) is 12.3. The Morgan fingerprint density at radius 2 is 2.15 bits per heavy atom. The van der Waals surface area contributed by atoms with E-state index >= 15 is 0 Å². The van der Waals surface area contributed by atoms with Crippen LogP contribution in [0.2, 0.25) is 0 Å². The van der Waals surface area contributed by atoms with E-state index in [4.69, 9.17) is 4.74 Å². The third-order valence-electron chi connectivity index (χ3n) is 2.88. The van der Waals surface area contributed by atoms with Gasteiger partial charge < -0.3 is 10.1 Å². The second kappa shape index (κ2) is 4.76. The van der Waals surface area contributed by atoms with Gasteiger partial charge in [0, 0.05) is 11.5 Å². The van der Waals surface area contributed by atoms with Gasteiger partial charge in [-0.3, -0.25) is 5.10 Å². The molecule has 6 nitrogen and oxygen atoms in total. The van der Waals surface area contributed by atoms with Crippen LogP contribution in [0, 0.1) is 12.7 Å². The topological polar surface area (TPSA) is 75.7 Å². The lowest BCUT2D eigenvalue weighted by molar-refractivity contribution is 0.417. The number of hydrogen-bond donors (Lipinski definition) is 2. The van der Waals surface area contributed by atoms with Crippen molar-refractivity contribution in [3.63, 3.8) is 0 Å². The van der Waals surface area contributed by atoms with Crippen LogP contribution < -0.4 is 10.1 Å². The smallest absolute Gasteiger partial charge is 0.184 e. The molecular formula is C13H12FN5O. The highest BCUT2D eigenvalue weighted by Gasteiger charge is 2.11. The van der Waals surface area contributed by atoms with Gasteiger partial charge in [0.15, 0.2) is 11.6 Å². The average molecular weight is 273 g/mol. The maximum atomic E-state index is 13.7. The molecule has 2 heterocycles. The van der Waals surface area contributed by atoms with Gasteiger partial charge >= 0.3 is 0 Å². The average Bonchev–Trinajstić information content (AvgIpc) is 2.89. The SMILES string of the molecule is COc1cc2[nH]ncc2cc1Nc1nc(C)ncc1F. The van der Waals surface area contributed by atoms with E-state index in [1.54, 1.807) is 26.3 Å². The molecule has 0 aliphatic carbocycles. The molecule has 1 aromatic carbocycles. The van der Waals surface area contributed by atoms with E-state index < -0.39 is 5.82 Å². The van der Waals surface area contributed by atoms with Crippen LogP contribution in [-0.2, 0) is 0 Å². The number of hydrogen-bond acceptors (Lipinski definition) is 5. The van der Waals surface area contributed by atoms with Gasteiger partial charge in [-0.15, -0.1) is 0 Å².